The lowest BCUT2D eigenvalue weighted by molar-refractivity contribution is 0.161. The Labute approximate surface area is 133 Å². The van der Waals surface area contributed by atoms with Crippen LogP contribution in [-0.2, 0) is 13.6 Å². The topological polar surface area (TPSA) is 86.0 Å². The van der Waals surface area contributed by atoms with Gasteiger partial charge in [-0.3, -0.25) is 9.05 Å². The van der Waals surface area contributed by atoms with Gasteiger partial charge in [-0.2, -0.15) is 0 Å². The largest absolute Gasteiger partial charge is 0.472 e. The number of rotatable bonds is 4. The van der Waals surface area contributed by atoms with Gasteiger partial charge in [0.2, 0.25) is 0 Å². The number of aryl methyl sites for hydroxylation is 1. The van der Waals surface area contributed by atoms with Crippen molar-refractivity contribution < 1.29 is 22.9 Å². The van der Waals surface area contributed by atoms with Crippen LogP contribution >= 0.6 is 19.4 Å². The van der Waals surface area contributed by atoms with Gasteiger partial charge >= 0.3 is 13.4 Å². The molecule has 122 valence electrons. The second-order valence-electron chi connectivity index (χ2n) is 4.19. The standard InChI is InChI=1S/C10H7ClO2.C4H11O4P/c1-6-4-10(12)13-9-3-2-7(11)5-8(6)9;1-3-7-9(5,6)8-4-2/h2-5H,1H3;3-4H2,1-2H3,(H,5,6). The van der Waals surface area contributed by atoms with Crippen molar-refractivity contribution in [3.8, 4) is 0 Å². The Bertz CT molecular complexity index is 717. The summed E-state index contributed by atoms with van der Waals surface area (Å²) in [5.74, 6) is 0. The van der Waals surface area contributed by atoms with E-state index >= 15 is 0 Å². The summed E-state index contributed by atoms with van der Waals surface area (Å²) in [5, 5.41) is 1.52. The molecule has 2 rings (SSSR count). The minimum atomic E-state index is -3.69. The molecule has 0 saturated heterocycles. The Hall–Kier alpha value is -1.17. The molecule has 2 aromatic rings. The Kier molecular flexibility index (Phi) is 7.26. The van der Waals surface area contributed by atoms with E-state index in [9.17, 15) is 9.36 Å². The summed E-state index contributed by atoms with van der Waals surface area (Å²) in [4.78, 5) is 19.6. The van der Waals surface area contributed by atoms with E-state index in [4.69, 9.17) is 20.9 Å². The summed E-state index contributed by atoms with van der Waals surface area (Å²) >= 11 is 5.81. The van der Waals surface area contributed by atoms with Gasteiger partial charge in [0.05, 0.1) is 13.2 Å². The van der Waals surface area contributed by atoms with E-state index in [1.807, 2.05) is 6.92 Å². The Morgan fingerprint density at radius 1 is 1.23 bits per heavy atom. The van der Waals surface area contributed by atoms with E-state index in [-0.39, 0.29) is 18.8 Å². The molecule has 0 fully saturated rings. The van der Waals surface area contributed by atoms with Gasteiger partial charge in [0.25, 0.3) is 0 Å². The second kappa shape index (κ2) is 8.46. The highest BCUT2D eigenvalue weighted by Crippen LogP contribution is 2.42. The molecule has 0 amide bonds. The molecule has 1 aromatic carbocycles. The highest BCUT2D eigenvalue weighted by Gasteiger charge is 2.17. The van der Waals surface area contributed by atoms with E-state index in [0.29, 0.717) is 10.6 Å². The summed E-state index contributed by atoms with van der Waals surface area (Å²) in [5.41, 5.74) is 1.13. The van der Waals surface area contributed by atoms with Gasteiger partial charge in [-0.05, 0) is 44.5 Å². The first-order valence-electron chi connectivity index (χ1n) is 6.61. The molecule has 0 unspecified atom stereocenters. The number of halogens is 1. The monoisotopic (exact) mass is 348 g/mol. The molecule has 0 aliphatic rings. The summed E-state index contributed by atoms with van der Waals surface area (Å²) < 4.78 is 24.2. The number of phosphoric ester groups is 1. The van der Waals surface area contributed by atoms with Crippen molar-refractivity contribution in [3.05, 3.63) is 45.3 Å². The fourth-order valence-corrected chi connectivity index (χ4v) is 2.55. The summed E-state index contributed by atoms with van der Waals surface area (Å²) in [6.07, 6.45) is 0. The average Bonchev–Trinajstić information content (AvgIpc) is 2.40. The zero-order valence-electron chi connectivity index (χ0n) is 12.5. The molecule has 0 spiro atoms. The quantitative estimate of drug-likeness (QED) is 0.666. The van der Waals surface area contributed by atoms with Crippen LogP contribution in [0.4, 0.5) is 0 Å². The van der Waals surface area contributed by atoms with Crippen molar-refractivity contribution in [3.63, 3.8) is 0 Å². The van der Waals surface area contributed by atoms with Crippen LogP contribution in [0.3, 0.4) is 0 Å². The van der Waals surface area contributed by atoms with Crippen molar-refractivity contribution in [2.75, 3.05) is 13.2 Å². The van der Waals surface area contributed by atoms with Crippen LogP contribution in [-0.4, -0.2) is 18.1 Å². The van der Waals surface area contributed by atoms with E-state index in [2.05, 4.69) is 9.05 Å². The first kappa shape index (κ1) is 18.9. The van der Waals surface area contributed by atoms with E-state index in [0.717, 1.165) is 10.9 Å². The summed E-state index contributed by atoms with van der Waals surface area (Å²) in [6, 6.07) is 6.64. The predicted molar refractivity (Wildman–Crippen MR) is 85.3 cm³/mol. The summed E-state index contributed by atoms with van der Waals surface area (Å²) in [7, 11) is -3.69. The van der Waals surface area contributed by atoms with Crippen molar-refractivity contribution in [1.29, 1.82) is 0 Å². The average molecular weight is 349 g/mol. The summed E-state index contributed by atoms with van der Waals surface area (Å²) in [6.45, 7) is 5.49. The lowest BCUT2D eigenvalue weighted by Crippen LogP contribution is -1.97. The smallest absolute Gasteiger partial charge is 0.423 e. The highest BCUT2D eigenvalue weighted by atomic mass is 35.5. The molecule has 0 radical (unpaired) electrons. The van der Waals surface area contributed by atoms with Crippen molar-refractivity contribution >= 4 is 30.4 Å². The van der Waals surface area contributed by atoms with Gasteiger partial charge in [0.1, 0.15) is 5.58 Å². The highest BCUT2D eigenvalue weighted by molar-refractivity contribution is 7.47. The third kappa shape index (κ3) is 5.91. The molecular formula is C14H18ClO6P. The fourth-order valence-electron chi connectivity index (χ4n) is 1.66. The fraction of sp³-hybridized carbons (Fsp3) is 0.357. The lowest BCUT2D eigenvalue weighted by Gasteiger charge is -2.07. The van der Waals surface area contributed by atoms with Gasteiger partial charge in [0.15, 0.2) is 0 Å². The minimum Gasteiger partial charge on any atom is -0.423 e. The predicted octanol–water partition coefficient (Wildman–Crippen LogP) is 3.91. The zero-order valence-corrected chi connectivity index (χ0v) is 14.2. The first-order valence-corrected chi connectivity index (χ1v) is 8.48. The molecule has 8 heteroatoms. The molecule has 1 N–H and O–H groups in total. The van der Waals surface area contributed by atoms with Crippen LogP contribution < -0.4 is 5.63 Å². The van der Waals surface area contributed by atoms with Crippen molar-refractivity contribution in [2.45, 2.75) is 20.8 Å². The van der Waals surface area contributed by atoms with E-state index < -0.39 is 7.82 Å². The Morgan fingerprint density at radius 3 is 2.36 bits per heavy atom. The van der Waals surface area contributed by atoms with Crippen LogP contribution in [0.25, 0.3) is 11.0 Å². The van der Waals surface area contributed by atoms with E-state index in [1.165, 1.54) is 6.07 Å². The van der Waals surface area contributed by atoms with Crippen LogP contribution in [0, 0.1) is 6.92 Å². The van der Waals surface area contributed by atoms with Crippen molar-refractivity contribution in [1.82, 2.24) is 0 Å². The van der Waals surface area contributed by atoms with Gasteiger partial charge in [0, 0.05) is 16.5 Å². The molecule has 6 nitrogen and oxygen atoms in total. The first-order chi connectivity index (χ1) is 10.3. The normalized spacial score (nSPS) is 11.1. The van der Waals surface area contributed by atoms with Crippen LogP contribution in [0.5, 0.6) is 0 Å². The number of benzene rings is 1. The zero-order chi connectivity index (χ0) is 16.8. The Morgan fingerprint density at radius 2 is 1.82 bits per heavy atom. The molecule has 0 bridgehead atoms. The second-order valence-corrected chi connectivity index (χ2v) is 6.08. The SMILES string of the molecule is CCOP(=O)(O)OCC.Cc1cc(=O)oc2ccc(Cl)cc12. The van der Waals surface area contributed by atoms with Crippen LogP contribution in [0.1, 0.15) is 19.4 Å². The van der Waals surface area contributed by atoms with Crippen molar-refractivity contribution in [2.24, 2.45) is 0 Å². The molecular weight excluding hydrogens is 331 g/mol. The maximum absolute atomic E-state index is 11.0. The van der Waals surface area contributed by atoms with Crippen LogP contribution in [0.15, 0.2) is 33.5 Å². The van der Waals surface area contributed by atoms with Gasteiger partial charge < -0.3 is 9.31 Å². The third-order valence-electron chi connectivity index (χ3n) is 2.50. The molecule has 0 aliphatic heterocycles. The third-order valence-corrected chi connectivity index (χ3v) is 3.90. The number of fused-ring (bicyclic) bond motifs is 1. The van der Waals surface area contributed by atoms with E-state index in [1.54, 1.807) is 32.0 Å². The number of hydrogen-bond acceptors (Lipinski definition) is 5. The molecule has 0 aliphatic carbocycles. The number of phosphoric acid groups is 1. The van der Waals surface area contributed by atoms with Gasteiger partial charge in [-0.1, -0.05) is 11.6 Å². The Balaban J connectivity index is 0.000000239. The lowest BCUT2D eigenvalue weighted by atomic mass is 10.1. The minimum absolute atomic E-state index is 0.188. The number of hydrogen-bond donors (Lipinski definition) is 1. The molecule has 1 aromatic heterocycles. The maximum Gasteiger partial charge on any atom is 0.472 e. The maximum atomic E-state index is 11.0. The molecule has 1 heterocycles. The molecule has 22 heavy (non-hydrogen) atoms. The van der Waals surface area contributed by atoms with Gasteiger partial charge in [-0.15, -0.1) is 0 Å². The van der Waals surface area contributed by atoms with Gasteiger partial charge in [-0.25, -0.2) is 9.36 Å². The van der Waals surface area contributed by atoms with Crippen LogP contribution in [0.2, 0.25) is 5.02 Å². The molecule has 0 saturated carbocycles. The molecule has 0 atom stereocenters.